The van der Waals surface area contributed by atoms with E-state index in [-0.39, 0.29) is 17.8 Å². The minimum absolute atomic E-state index is 0.0277. The number of rotatable bonds is 10. The van der Waals surface area contributed by atoms with E-state index in [2.05, 4.69) is 26.8 Å². The average Bonchev–Trinajstić information content (AvgIpc) is 3.12. The van der Waals surface area contributed by atoms with Crippen LogP contribution >= 0.6 is 11.3 Å². The smallest absolute Gasteiger partial charge is 0.402 e. The number of alkyl halides is 2. The molecule has 36 heavy (non-hydrogen) atoms. The molecular weight excluding hydrogens is 482 g/mol. The van der Waals surface area contributed by atoms with Gasteiger partial charge < -0.3 is 15.0 Å². The van der Waals surface area contributed by atoms with Crippen molar-refractivity contribution in [1.29, 1.82) is 0 Å². The summed E-state index contributed by atoms with van der Waals surface area (Å²) in [5.74, 6) is 0.746. The van der Waals surface area contributed by atoms with Gasteiger partial charge in [-0.3, -0.25) is 4.79 Å². The Hall–Kier alpha value is -2.39. The normalized spacial score (nSPS) is 20.9. The SMILES string of the molecule is C=CCC(F)(F)Oc1ccc2c(n1)CCN(CCC1CCC(NC(=O)Cc3cnc(C)s3)CC1)CC2. The Morgan fingerprint density at radius 3 is 2.78 bits per heavy atom. The molecule has 0 aromatic carbocycles. The molecule has 1 saturated carbocycles. The van der Waals surface area contributed by atoms with Gasteiger partial charge in [-0.05, 0) is 63.5 Å². The first kappa shape index (κ1) is 26.7. The first-order valence-electron chi connectivity index (χ1n) is 12.9. The number of carbonyl (C=O) groups is 1. The highest BCUT2D eigenvalue weighted by atomic mass is 32.1. The number of aromatic nitrogens is 2. The van der Waals surface area contributed by atoms with Crippen molar-refractivity contribution in [2.45, 2.75) is 76.9 Å². The molecule has 0 bridgehead atoms. The van der Waals surface area contributed by atoms with Crippen molar-refractivity contribution in [2.75, 3.05) is 19.6 Å². The van der Waals surface area contributed by atoms with Gasteiger partial charge >= 0.3 is 6.11 Å². The van der Waals surface area contributed by atoms with Crippen LogP contribution in [0.2, 0.25) is 0 Å². The number of pyridine rings is 1. The maximum Gasteiger partial charge on any atom is 0.402 e. The van der Waals surface area contributed by atoms with Crippen LogP contribution in [-0.2, 0) is 24.1 Å². The zero-order valence-electron chi connectivity index (χ0n) is 21.0. The van der Waals surface area contributed by atoms with Gasteiger partial charge in [-0.15, -0.1) is 17.9 Å². The molecule has 2 aromatic heterocycles. The summed E-state index contributed by atoms with van der Waals surface area (Å²) in [7, 11) is 0. The van der Waals surface area contributed by atoms with Gasteiger partial charge in [0.1, 0.15) is 0 Å². The summed E-state index contributed by atoms with van der Waals surface area (Å²) in [4.78, 5) is 24.4. The monoisotopic (exact) mass is 518 g/mol. The van der Waals surface area contributed by atoms with Crippen molar-refractivity contribution in [3.8, 4) is 5.88 Å². The molecule has 2 aromatic rings. The molecular formula is C27H36F2N4O2S. The maximum atomic E-state index is 13.8. The maximum absolute atomic E-state index is 13.8. The van der Waals surface area contributed by atoms with Gasteiger partial charge in [0.2, 0.25) is 11.8 Å². The number of ether oxygens (including phenoxy) is 1. The molecule has 1 N–H and O–H groups in total. The Bertz CT molecular complexity index is 1040. The third-order valence-electron chi connectivity index (χ3n) is 7.11. The van der Waals surface area contributed by atoms with E-state index in [0.29, 0.717) is 12.3 Å². The molecule has 196 valence electrons. The number of fused-ring (bicyclic) bond motifs is 1. The fourth-order valence-electron chi connectivity index (χ4n) is 5.14. The predicted molar refractivity (Wildman–Crippen MR) is 138 cm³/mol. The van der Waals surface area contributed by atoms with E-state index in [0.717, 1.165) is 91.8 Å². The molecule has 1 aliphatic heterocycles. The molecule has 0 unspecified atom stereocenters. The van der Waals surface area contributed by atoms with E-state index >= 15 is 0 Å². The molecule has 6 nitrogen and oxygen atoms in total. The Labute approximate surface area is 216 Å². The highest BCUT2D eigenvalue weighted by Crippen LogP contribution is 2.29. The lowest BCUT2D eigenvalue weighted by atomic mass is 9.84. The van der Waals surface area contributed by atoms with Crippen LogP contribution in [0.3, 0.4) is 0 Å². The molecule has 0 saturated heterocycles. The third-order valence-corrected chi connectivity index (χ3v) is 8.02. The summed E-state index contributed by atoms with van der Waals surface area (Å²) in [6.45, 7) is 8.16. The Morgan fingerprint density at radius 2 is 2.06 bits per heavy atom. The van der Waals surface area contributed by atoms with E-state index < -0.39 is 12.5 Å². The second-order valence-electron chi connectivity index (χ2n) is 9.93. The molecule has 4 rings (SSSR count). The molecule has 9 heteroatoms. The van der Waals surface area contributed by atoms with Crippen molar-refractivity contribution in [3.63, 3.8) is 0 Å². The molecule has 0 spiro atoms. The second kappa shape index (κ2) is 12.2. The zero-order valence-corrected chi connectivity index (χ0v) is 21.8. The van der Waals surface area contributed by atoms with Gasteiger partial charge in [0.15, 0.2) is 0 Å². The van der Waals surface area contributed by atoms with Crippen molar-refractivity contribution in [2.24, 2.45) is 5.92 Å². The van der Waals surface area contributed by atoms with Crippen molar-refractivity contribution in [1.82, 2.24) is 20.2 Å². The molecule has 2 aliphatic rings. The largest absolute Gasteiger partial charge is 0.414 e. The van der Waals surface area contributed by atoms with Gasteiger partial charge in [0.05, 0.1) is 17.8 Å². The van der Waals surface area contributed by atoms with Gasteiger partial charge in [-0.25, -0.2) is 9.97 Å². The van der Waals surface area contributed by atoms with Crippen LogP contribution in [0.15, 0.2) is 31.0 Å². The van der Waals surface area contributed by atoms with Gasteiger partial charge in [-0.2, -0.15) is 8.78 Å². The molecule has 3 heterocycles. The summed E-state index contributed by atoms with van der Waals surface area (Å²) < 4.78 is 32.4. The topological polar surface area (TPSA) is 67.3 Å². The van der Waals surface area contributed by atoms with Gasteiger partial charge in [-0.1, -0.05) is 12.1 Å². The first-order chi connectivity index (χ1) is 17.3. The van der Waals surface area contributed by atoms with Gasteiger partial charge in [0.25, 0.3) is 0 Å². The number of hydrogen-bond acceptors (Lipinski definition) is 6. The fraction of sp³-hybridized carbons (Fsp3) is 0.593. The van der Waals surface area contributed by atoms with E-state index in [4.69, 9.17) is 4.74 Å². The molecule has 0 radical (unpaired) electrons. The molecule has 0 atom stereocenters. The van der Waals surface area contributed by atoms with Crippen LogP contribution in [-0.4, -0.2) is 52.6 Å². The number of thiazole rings is 1. The van der Waals surface area contributed by atoms with Crippen LogP contribution < -0.4 is 10.1 Å². The Kier molecular flexibility index (Phi) is 9.06. The fourth-order valence-corrected chi connectivity index (χ4v) is 5.93. The van der Waals surface area contributed by atoms with Crippen LogP contribution in [0.4, 0.5) is 8.78 Å². The van der Waals surface area contributed by atoms with Crippen LogP contribution in [0.1, 0.15) is 59.7 Å². The van der Waals surface area contributed by atoms with E-state index in [1.165, 1.54) is 0 Å². The van der Waals surface area contributed by atoms with Crippen LogP contribution in [0.25, 0.3) is 0 Å². The number of carbonyl (C=O) groups excluding carboxylic acids is 1. The standard InChI is InChI=1S/C27H36F2N4O2S/c1-3-13-27(28,29)35-26-9-6-21-11-15-33(16-12-24(21)32-26)14-10-20-4-7-22(8-5-20)31-25(34)17-23-18-30-19(2)36-23/h3,6,9,18,20,22H,1,4-5,7-8,10-17H2,2H3,(H,31,34). The van der Waals surface area contributed by atoms with E-state index in [1.807, 2.05) is 13.0 Å². The molecule has 1 fully saturated rings. The summed E-state index contributed by atoms with van der Waals surface area (Å²) in [6, 6.07) is 3.69. The third kappa shape index (κ3) is 7.80. The highest BCUT2D eigenvalue weighted by Gasteiger charge is 2.30. The minimum atomic E-state index is -3.29. The first-order valence-corrected chi connectivity index (χ1v) is 13.7. The number of nitrogens with one attached hydrogen (secondary N) is 1. The van der Waals surface area contributed by atoms with E-state index in [1.54, 1.807) is 23.6 Å². The summed E-state index contributed by atoms with van der Waals surface area (Å²) in [5, 5.41) is 4.20. The average molecular weight is 519 g/mol. The van der Waals surface area contributed by atoms with Gasteiger partial charge in [0, 0.05) is 48.4 Å². The number of nitrogens with zero attached hydrogens (tertiary/aromatic N) is 3. The lowest BCUT2D eigenvalue weighted by Crippen LogP contribution is -2.38. The van der Waals surface area contributed by atoms with Crippen molar-refractivity contribution in [3.05, 3.63) is 52.1 Å². The summed E-state index contributed by atoms with van der Waals surface area (Å²) in [5.41, 5.74) is 1.97. The zero-order chi connectivity index (χ0) is 25.5. The number of aryl methyl sites for hydroxylation is 1. The van der Waals surface area contributed by atoms with E-state index in [9.17, 15) is 13.6 Å². The highest BCUT2D eigenvalue weighted by molar-refractivity contribution is 7.11. The number of halogens is 2. The van der Waals surface area contributed by atoms with Crippen LogP contribution in [0, 0.1) is 12.8 Å². The predicted octanol–water partition coefficient (Wildman–Crippen LogP) is 5.10. The van der Waals surface area contributed by atoms with Crippen LogP contribution in [0.5, 0.6) is 5.88 Å². The Balaban J connectivity index is 1.17. The number of amides is 1. The quantitative estimate of drug-likeness (QED) is 0.443. The molecule has 1 aliphatic carbocycles. The minimum Gasteiger partial charge on any atom is -0.414 e. The lowest BCUT2D eigenvalue weighted by molar-refractivity contribution is -0.174. The summed E-state index contributed by atoms with van der Waals surface area (Å²) >= 11 is 1.58. The second-order valence-corrected chi connectivity index (χ2v) is 11.2. The molecule has 1 amide bonds. The summed E-state index contributed by atoms with van der Waals surface area (Å²) in [6.07, 6.45) is 6.62. The number of hydrogen-bond donors (Lipinski definition) is 1. The van der Waals surface area contributed by atoms with Crippen molar-refractivity contribution < 1.29 is 18.3 Å². The Morgan fingerprint density at radius 1 is 1.28 bits per heavy atom. The van der Waals surface area contributed by atoms with Crippen molar-refractivity contribution >= 4 is 17.2 Å². The lowest BCUT2D eigenvalue weighted by Gasteiger charge is -2.30.